The van der Waals surface area contributed by atoms with Crippen LogP contribution in [0, 0.1) is 0 Å². The molecule has 0 aliphatic rings. The second kappa shape index (κ2) is 6.38. The van der Waals surface area contributed by atoms with Crippen LogP contribution in [0.5, 0.6) is 11.5 Å². The zero-order valence-corrected chi connectivity index (χ0v) is 10.9. The van der Waals surface area contributed by atoms with Crippen LogP contribution in [0.3, 0.4) is 0 Å². The lowest BCUT2D eigenvalue weighted by atomic mass is 10.2. The summed E-state index contributed by atoms with van der Waals surface area (Å²) in [4.78, 5) is 22.7. The van der Waals surface area contributed by atoms with Crippen LogP contribution in [-0.4, -0.2) is 22.2 Å². The topological polar surface area (TPSA) is 83.8 Å². The zero-order chi connectivity index (χ0) is 15.2. The first-order valence-electron chi connectivity index (χ1n) is 6.07. The molecule has 0 spiro atoms. The van der Waals surface area contributed by atoms with Crippen molar-refractivity contribution >= 4 is 18.0 Å². The number of aromatic hydroxyl groups is 1. The van der Waals surface area contributed by atoms with E-state index in [1.165, 1.54) is 18.2 Å². The Morgan fingerprint density at radius 2 is 1.76 bits per heavy atom. The van der Waals surface area contributed by atoms with Crippen LogP contribution in [-0.2, 0) is 4.79 Å². The average Bonchev–Trinajstić information content (AvgIpc) is 2.48. The van der Waals surface area contributed by atoms with Crippen LogP contribution in [0.25, 0.3) is 6.08 Å². The van der Waals surface area contributed by atoms with Crippen LogP contribution in [0.1, 0.15) is 15.9 Å². The number of benzene rings is 2. The standard InChI is InChI=1S/C16H12O5/c17-12-7-8-14(13(10-12)16(19)20)21-15(18)9-6-11-4-2-1-3-5-11/h1-10,17H,(H,19,20)/b9-6+. The van der Waals surface area contributed by atoms with Gasteiger partial charge in [-0.05, 0) is 29.8 Å². The predicted molar refractivity (Wildman–Crippen MR) is 76.2 cm³/mol. The van der Waals surface area contributed by atoms with Crippen LogP contribution in [0.15, 0.2) is 54.6 Å². The molecule has 0 amide bonds. The number of hydrogen-bond donors (Lipinski definition) is 2. The van der Waals surface area contributed by atoms with E-state index in [1.807, 2.05) is 30.3 Å². The van der Waals surface area contributed by atoms with Crippen molar-refractivity contribution in [2.75, 3.05) is 0 Å². The van der Waals surface area contributed by atoms with Crippen molar-refractivity contribution in [3.8, 4) is 11.5 Å². The van der Waals surface area contributed by atoms with E-state index in [2.05, 4.69) is 0 Å². The Hall–Kier alpha value is -3.08. The summed E-state index contributed by atoms with van der Waals surface area (Å²) in [6.07, 6.45) is 2.76. The van der Waals surface area contributed by atoms with Crippen molar-refractivity contribution in [2.45, 2.75) is 0 Å². The van der Waals surface area contributed by atoms with E-state index >= 15 is 0 Å². The van der Waals surface area contributed by atoms with Crippen molar-refractivity contribution in [3.05, 3.63) is 65.7 Å². The molecule has 0 atom stereocenters. The Balaban J connectivity index is 2.13. The summed E-state index contributed by atoms with van der Waals surface area (Å²) in [7, 11) is 0. The lowest BCUT2D eigenvalue weighted by Crippen LogP contribution is -2.08. The molecular weight excluding hydrogens is 272 g/mol. The van der Waals surface area contributed by atoms with E-state index in [4.69, 9.17) is 9.84 Å². The van der Waals surface area contributed by atoms with Gasteiger partial charge in [-0.25, -0.2) is 9.59 Å². The first-order valence-corrected chi connectivity index (χ1v) is 6.07. The number of phenolic OH excluding ortho intramolecular Hbond substituents is 1. The molecule has 2 aromatic rings. The van der Waals surface area contributed by atoms with Gasteiger partial charge in [0.15, 0.2) is 0 Å². The summed E-state index contributed by atoms with van der Waals surface area (Å²) in [5.74, 6) is -2.33. The molecule has 2 aromatic carbocycles. The summed E-state index contributed by atoms with van der Waals surface area (Å²) < 4.78 is 4.97. The molecule has 0 radical (unpaired) electrons. The van der Waals surface area contributed by atoms with Gasteiger partial charge >= 0.3 is 11.9 Å². The van der Waals surface area contributed by atoms with E-state index in [1.54, 1.807) is 6.08 Å². The molecule has 0 unspecified atom stereocenters. The highest BCUT2D eigenvalue weighted by molar-refractivity contribution is 5.94. The fourth-order valence-electron chi connectivity index (χ4n) is 1.64. The molecule has 0 heterocycles. The minimum absolute atomic E-state index is 0.122. The van der Waals surface area contributed by atoms with E-state index < -0.39 is 11.9 Å². The van der Waals surface area contributed by atoms with Gasteiger partial charge in [-0.2, -0.15) is 0 Å². The summed E-state index contributed by atoms with van der Waals surface area (Å²) >= 11 is 0. The number of phenols is 1. The van der Waals surface area contributed by atoms with Crippen LogP contribution < -0.4 is 4.74 Å². The number of rotatable bonds is 4. The van der Waals surface area contributed by atoms with E-state index in [-0.39, 0.29) is 17.1 Å². The van der Waals surface area contributed by atoms with Crippen molar-refractivity contribution in [2.24, 2.45) is 0 Å². The Kier molecular flexibility index (Phi) is 4.36. The summed E-state index contributed by atoms with van der Waals surface area (Å²) in [5, 5.41) is 18.2. The Bertz CT molecular complexity index is 689. The highest BCUT2D eigenvalue weighted by Crippen LogP contribution is 2.23. The maximum Gasteiger partial charge on any atom is 0.339 e. The van der Waals surface area contributed by atoms with Crippen molar-refractivity contribution in [3.63, 3.8) is 0 Å². The molecule has 0 aromatic heterocycles. The minimum Gasteiger partial charge on any atom is -0.508 e. The molecule has 21 heavy (non-hydrogen) atoms. The molecule has 0 fully saturated rings. The highest BCUT2D eigenvalue weighted by Gasteiger charge is 2.14. The van der Waals surface area contributed by atoms with Gasteiger partial charge in [-0.15, -0.1) is 0 Å². The molecule has 0 bridgehead atoms. The van der Waals surface area contributed by atoms with Crippen LogP contribution in [0.4, 0.5) is 0 Å². The number of carboxylic acid groups (broad SMARTS) is 1. The third kappa shape index (κ3) is 3.94. The quantitative estimate of drug-likeness (QED) is 0.512. The van der Waals surface area contributed by atoms with Gasteiger partial charge in [-0.3, -0.25) is 0 Å². The van der Waals surface area contributed by atoms with Crippen molar-refractivity contribution in [1.82, 2.24) is 0 Å². The second-order valence-corrected chi connectivity index (χ2v) is 4.15. The minimum atomic E-state index is -1.29. The van der Waals surface area contributed by atoms with E-state index in [9.17, 15) is 14.7 Å². The smallest absolute Gasteiger partial charge is 0.339 e. The van der Waals surface area contributed by atoms with Crippen molar-refractivity contribution in [1.29, 1.82) is 0 Å². The van der Waals surface area contributed by atoms with Gasteiger partial charge in [0.25, 0.3) is 0 Å². The van der Waals surface area contributed by atoms with E-state index in [0.29, 0.717) is 0 Å². The van der Waals surface area contributed by atoms with Gasteiger partial charge in [0, 0.05) is 6.08 Å². The predicted octanol–water partition coefficient (Wildman–Crippen LogP) is 2.71. The molecule has 5 nitrogen and oxygen atoms in total. The van der Waals surface area contributed by atoms with Gasteiger partial charge in [0.1, 0.15) is 17.1 Å². The lowest BCUT2D eigenvalue weighted by molar-refractivity contribution is -0.128. The van der Waals surface area contributed by atoms with Gasteiger partial charge in [0.2, 0.25) is 0 Å². The second-order valence-electron chi connectivity index (χ2n) is 4.15. The number of esters is 1. The largest absolute Gasteiger partial charge is 0.508 e. The van der Waals surface area contributed by atoms with E-state index in [0.717, 1.165) is 11.6 Å². The fraction of sp³-hybridized carbons (Fsp3) is 0. The number of carbonyl (C=O) groups excluding carboxylic acids is 1. The summed E-state index contributed by atoms with van der Waals surface area (Å²) in [6.45, 7) is 0. The maximum absolute atomic E-state index is 11.7. The summed E-state index contributed by atoms with van der Waals surface area (Å²) in [5.41, 5.74) is 0.537. The number of ether oxygens (including phenoxy) is 1. The Labute approximate surface area is 120 Å². The maximum atomic E-state index is 11.7. The molecule has 5 heteroatoms. The van der Waals surface area contributed by atoms with Crippen LogP contribution >= 0.6 is 0 Å². The normalized spacial score (nSPS) is 10.5. The molecular formula is C16H12O5. The molecule has 0 saturated heterocycles. The number of carbonyl (C=O) groups is 2. The zero-order valence-electron chi connectivity index (χ0n) is 10.9. The molecule has 2 N–H and O–H groups in total. The monoisotopic (exact) mass is 284 g/mol. The highest BCUT2D eigenvalue weighted by atomic mass is 16.5. The van der Waals surface area contributed by atoms with Gasteiger partial charge in [0.05, 0.1) is 0 Å². The summed E-state index contributed by atoms with van der Waals surface area (Å²) in [6, 6.07) is 12.6. The average molecular weight is 284 g/mol. The third-order valence-corrected chi connectivity index (χ3v) is 2.62. The van der Waals surface area contributed by atoms with Gasteiger partial charge < -0.3 is 14.9 Å². The number of aromatic carboxylic acids is 1. The lowest BCUT2D eigenvalue weighted by Gasteiger charge is -2.05. The molecule has 2 rings (SSSR count). The van der Waals surface area contributed by atoms with Crippen molar-refractivity contribution < 1.29 is 24.5 Å². The first kappa shape index (κ1) is 14.3. The first-order chi connectivity index (χ1) is 10.1. The third-order valence-electron chi connectivity index (χ3n) is 2.62. The number of carboxylic acids is 1. The Morgan fingerprint density at radius 1 is 1.05 bits per heavy atom. The number of hydrogen-bond acceptors (Lipinski definition) is 4. The molecule has 0 aliphatic heterocycles. The molecule has 106 valence electrons. The molecule has 0 saturated carbocycles. The van der Waals surface area contributed by atoms with Gasteiger partial charge in [-0.1, -0.05) is 30.3 Å². The molecule has 0 aliphatic carbocycles. The fourth-order valence-corrected chi connectivity index (χ4v) is 1.64. The SMILES string of the molecule is O=C(/C=C/c1ccccc1)Oc1ccc(O)cc1C(=O)O. The Morgan fingerprint density at radius 3 is 2.43 bits per heavy atom. The van der Waals surface area contributed by atoms with Crippen LogP contribution in [0.2, 0.25) is 0 Å².